The number of ether oxygens (including phenoxy) is 2. The van der Waals surface area contributed by atoms with Gasteiger partial charge in [0.25, 0.3) is 5.56 Å². The molecule has 3 aromatic carbocycles. The van der Waals surface area contributed by atoms with Crippen LogP contribution < -0.4 is 25.1 Å². The van der Waals surface area contributed by atoms with Gasteiger partial charge in [-0.15, -0.1) is 0 Å². The van der Waals surface area contributed by atoms with Gasteiger partial charge < -0.3 is 19.9 Å². The smallest absolute Gasteiger partial charge is 0.405 e. The highest BCUT2D eigenvalue weighted by Crippen LogP contribution is 2.36. The highest BCUT2D eigenvalue weighted by Gasteiger charge is 2.28. The number of carbonyl (C=O) groups is 1. The maximum Gasteiger partial charge on any atom is 0.405 e. The summed E-state index contributed by atoms with van der Waals surface area (Å²) in [5, 5.41) is 16.5. The summed E-state index contributed by atoms with van der Waals surface area (Å²) in [4.78, 5) is 35.5. The summed E-state index contributed by atoms with van der Waals surface area (Å²) < 4.78 is 97.6. The number of amides is 1. The number of aromatic nitrogens is 5. The van der Waals surface area contributed by atoms with E-state index in [0.29, 0.717) is 11.8 Å². The zero-order chi connectivity index (χ0) is 41.2. The van der Waals surface area contributed by atoms with Crippen LogP contribution in [0.15, 0.2) is 71.5 Å². The zero-order valence-corrected chi connectivity index (χ0v) is 32.0. The van der Waals surface area contributed by atoms with Crippen molar-refractivity contribution in [3.8, 4) is 17.3 Å². The quantitative estimate of drug-likeness (QED) is 0.0959. The third-order valence-corrected chi connectivity index (χ3v) is 10.3. The number of methoxy groups -OCH3 is 1. The van der Waals surface area contributed by atoms with Gasteiger partial charge in [0.05, 0.1) is 52.5 Å². The highest BCUT2D eigenvalue weighted by atomic mass is 35.5. The predicted octanol–water partition coefficient (Wildman–Crippen LogP) is 6.57. The molecule has 3 heterocycles. The van der Waals surface area contributed by atoms with Crippen LogP contribution in [0.25, 0.3) is 27.6 Å². The number of carboxylic acid groups (broad SMARTS) is 1. The van der Waals surface area contributed by atoms with E-state index in [0.717, 1.165) is 29.2 Å². The van der Waals surface area contributed by atoms with Crippen molar-refractivity contribution in [1.29, 1.82) is 0 Å². The summed E-state index contributed by atoms with van der Waals surface area (Å²) in [5.74, 6) is -5.32. The highest BCUT2D eigenvalue weighted by molar-refractivity contribution is 7.92. The van der Waals surface area contributed by atoms with Gasteiger partial charge in [0, 0.05) is 32.0 Å². The Hall–Kier alpha value is -5.95. The number of aryl methyl sites for hydroxylation is 2. The Kier molecular flexibility index (Phi) is 11.6. The first kappa shape index (κ1) is 40.7. The lowest BCUT2D eigenvalue weighted by Crippen LogP contribution is -2.35. The monoisotopic (exact) mass is 831 g/mol. The second-order valence-electron chi connectivity index (χ2n) is 13.1. The van der Waals surface area contributed by atoms with Crippen molar-refractivity contribution in [3.05, 3.63) is 111 Å². The summed E-state index contributed by atoms with van der Waals surface area (Å²) in [6.45, 7) is 0.287. The van der Waals surface area contributed by atoms with E-state index >= 15 is 0 Å². The molecule has 0 bridgehead atoms. The van der Waals surface area contributed by atoms with Gasteiger partial charge in [-0.05, 0) is 66.9 Å². The number of pyridine rings is 1. The SMILES string of the molecule is COc1ccc(CCS(=O)(=O)Nc2nn(C)c3c(-n4c([C@H](Cc5cc(F)cc(F)c5)NC(=O)O)nc5nc(OCCC(C)(F)F)ccc5c4=O)ccc(Cl)c23)cc1. The number of fused-ring (bicyclic) bond motifs is 2. The van der Waals surface area contributed by atoms with Crippen LogP contribution in [0.2, 0.25) is 5.02 Å². The average Bonchev–Trinajstić information content (AvgIpc) is 3.45. The average molecular weight is 832 g/mol. The van der Waals surface area contributed by atoms with Gasteiger partial charge in [-0.25, -0.2) is 35.8 Å². The molecule has 6 rings (SSSR count). The molecule has 57 heavy (non-hydrogen) atoms. The second-order valence-corrected chi connectivity index (χ2v) is 15.3. The maximum atomic E-state index is 14.6. The van der Waals surface area contributed by atoms with Crippen LogP contribution in [0.5, 0.6) is 11.6 Å². The molecule has 300 valence electrons. The third kappa shape index (κ3) is 9.54. The Balaban J connectivity index is 1.50. The Bertz CT molecular complexity index is 2630. The van der Waals surface area contributed by atoms with Gasteiger partial charge in [0.15, 0.2) is 11.5 Å². The number of nitrogens with one attached hydrogen (secondary N) is 2. The molecule has 0 radical (unpaired) electrons. The normalized spacial score (nSPS) is 12.5. The van der Waals surface area contributed by atoms with Crippen molar-refractivity contribution in [3.63, 3.8) is 0 Å². The lowest BCUT2D eigenvalue weighted by molar-refractivity contribution is 0.000450. The molecule has 0 fully saturated rings. The Morgan fingerprint density at radius 1 is 1.02 bits per heavy atom. The molecule has 0 aliphatic carbocycles. The number of rotatable bonds is 15. The molecule has 0 saturated heterocycles. The number of halogens is 5. The van der Waals surface area contributed by atoms with Crippen molar-refractivity contribution in [1.82, 2.24) is 29.6 Å². The first-order valence-corrected chi connectivity index (χ1v) is 19.1. The number of hydrogen-bond donors (Lipinski definition) is 3. The van der Waals surface area contributed by atoms with Crippen LogP contribution in [-0.4, -0.2) is 69.3 Å². The molecule has 3 N–H and O–H groups in total. The molecule has 0 aliphatic heterocycles. The van der Waals surface area contributed by atoms with Crippen LogP contribution in [-0.2, 0) is 29.9 Å². The number of sulfonamides is 1. The number of nitrogens with zero attached hydrogens (tertiary/aromatic N) is 5. The summed E-state index contributed by atoms with van der Waals surface area (Å²) in [6, 6.07) is 13.3. The summed E-state index contributed by atoms with van der Waals surface area (Å²) in [5.41, 5.74) is -0.247. The van der Waals surface area contributed by atoms with Gasteiger partial charge in [0.1, 0.15) is 23.2 Å². The number of alkyl halides is 2. The minimum atomic E-state index is -4.05. The first-order valence-electron chi connectivity index (χ1n) is 17.1. The molecule has 20 heteroatoms. The fourth-order valence-electron chi connectivity index (χ4n) is 6.12. The van der Waals surface area contributed by atoms with E-state index in [2.05, 4.69) is 25.1 Å². The largest absolute Gasteiger partial charge is 0.497 e. The zero-order valence-electron chi connectivity index (χ0n) is 30.4. The number of benzene rings is 3. The number of anilines is 1. The van der Waals surface area contributed by atoms with Crippen molar-refractivity contribution < 1.29 is 45.4 Å². The lowest BCUT2D eigenvalue weighted by atomic mass is 10.0. The van der Waals surface area contributed by atoms with Gasteiger partial charge >= 0.3 is 6.09 Å². The van der Waals surface area contributed by atoms with Gasteiger partial charge in [-0.2, -0.15) is 10.1 Å². The first-order chi connectivity index (χ1) is 26.9. The fraction of sp³-hybridized carbons (Fsp3) is 0.270. The lowest BCUT2D eigenvalue weighted by Gasteiger charge is -2.22. The van der Waals surface area contributed by atoms with E-state index in [9.17, 15) is 40.7 Å². The minimum Gasteiger partial charge on any atom is -0.497 e. The van der Waals surface area contributed by atoms with E-state index in [1.54, 1.807) is 24.3 Å². The Labute approximate surface area is 327 Å². The second kappa shape index (κ2) is 16.3. The maximum absolute atomic E-state index is 14.6. The number of hydrogen-bond acceptors (Lipinski definition) is 9. The molecule has 0 saturated carbocycles. The van der Waals surface area contributed by atoms with E-state index in [-0.39, 0.29) is 67.9 Å². The van der Waals surface area contributed by atoms with Crippen molar-refractivity contribution in [2.75, 3.05) is 24.2 Å². The third-order valence-electron chi connectivity index (χ3n) is 8.72. The molecule has 3 aromatic heterocycles. The van der Waals surface area contributed by atoms with Crippen molar-refractivity contribution in [2.45, 2.75) is 38.2 Å². The predicted molar refractivity (Wildman–Crippen MR) is 203 cm³/mol. The van der Waals surface area contributed by atoms with E-state index in [4.69, 9.17) is 21.1 Å². The Morgan fingerprint density at radius 2 is 1.72 bits per heavy atom. The molecule has 6 aromatic rings. The fourth-order valence-corrected chi connectivity index (χ4v) is 7.41. The van der Waals surface area contributed by atoms with Crippen LogP contribution >= 0.6 is 11.6 Å². The van der Waals surface area contributed by atoms with Crippen molar-refractivity contribution in [2.24, 2.45) is 7.05 Å². The van der Waals surface area contributed by atoms with Gasteiger partial charge in [-0.1, -0.05) is 23.7 Å². The van der Waals surface area contributed by atoms with E-state index < -0.39 is 64.7 Å². The molecule has 0 unspecified atom stereocenters. The summed E-state index contributed by atoms with van der Waals surface area (Å²) in [7, 11) is -1.07. The van der Waals surface area contributed by atoms with Gasteiger partial charge in [-0.3, -0.25) is 18.8 Å². The standard InChI is InChI=1S/C37H34ClF4N7O7S/c1-37(41,42)13-14-56-29-11-8-25-32(44-29)45-34(27(43-36(51)52)18-21-16-22(39)19-23(40)17-21)49(35(25)50)28-10-9-26(38)30-31(28)48(2)46-33(30)47-57(53,54)15-12-20-4-6-24(55-3)7-5-20/h4-11,16-17,19,27,43H,12-15,18H2,1-3H3,(H,46,47)(H,51,52)/t27-/m0/s1. The summed E-state index contributed by atoms with van der Waals surface area (Å²) in [6.07, 6.45) is -2.51. The van der Waals surface area contributed by atoms with Crippen LogP contribution in [0.4, 0.5) is 28.2 Å². The molecule has 0 aliphatic rings. The van der Waals surface area contributed by atoms with Crippen LogP contribution in [0, 0.1) is 11.6 Å². The van der Waals surface area contributed by atoms with E-state index in [1.165, 1.54) is 43.1 Å². The topological polar surface area (TPSA) is 180 Å². The molecule has 1 atom stereocenters. The van der Waals surface area contributed by atoms with E-state index in [1.807, 2.05) is 0 Å². The molecule has 14 nitrogen and oxygen atoms in total. The molecule has 1 amide bonds. The summed E-state index contributed by atoms with van der Waals surface area (Å²) >= 11 is 6.66. The van der Waals surface area contributed by atoms with Crippen LogP contribution in [0.3, 0.4) is 0 Å². The van der Waals surface area contributed by atoms with Crippen LogP contribution in [0.1, 0.15) is 36.3 Å². The molecular weight excluding hydrogens is 798 g/mol. The molecular formula is C37H34ClF4N7O7S. The van der Waals surface area contributed by atoms with Crippen molar-refractivity contribution >= 4 is 55.5 Å². The minimum absolute atomic E-state index is 0.00852. The molecule has 0 spiro atoms. The Morgan fingerprint density at radius 3 is 2.37 bits per heavy atom. The van der Waals surface area contributed by atoms with Gasteiger partial charge in [0.2, 0.25) is 21.8 Å².